The Bertz CT molecular complexity index is 651. The van der Waals surface area contributed by atoms with Gasteiger partial charge in [0, 0.05) is 17.7 Å². The summed E-state index contributed by atoms with van der Waals surface area (Å²) in [6.45, 7) is -0.521. The van der Waals surface area contributed by atoms with Crippen LogP contribution in [0.3, 0.4) is 0 Å². The van der Waals surface area contributed by atoms with Gasteiger partial charge in [0.2, 0.25) is 0 Å². The third-order valence-electron chi connectivity index (χ3n) is 3.83. The summed E-state index contributed by atoms with van der Waals surface area (Å²) in [5.74, 6) is -0.736. The SMILES string of the molecule is COc1ccccc1C=CC(=O)OCC(=O)NC(=O)NC1CCCC1. The fourth-order valence-electron chi connectivity index (χ4n) is 2.60. The second-order valence-electron chi connectivity index (χ2n) is 5.69. The number of carbonyl (C=O) groups excluding carboxylic acids is 3. The largest absolute Gasteiger partial charge is 0.496 e. The van der Waals surface area contributed by atoms with Crippen molar-refractivity contribution in [1.82, 2.24) is 10.6 Å². The lowest BCUT2D eigenvalue weighted by molar-refractivity contribution is -0.143. The lowest BCUT2D eigenvalue weighted by Gasteiger charge is -2.12. The second kappa shape index (κ2) is 9.46. The van der Waals surface area contributed by atoms with Crippen molar-refractivity contribution in [2.75, 3.05) is 13.7 Å². The van der Waals surface area contributed by atoms with Crippen molar-refractivity contribution in [2.24, 2.45) is 0 Å². The minimum Gasteiger partial charge on any atom is -0.496 e. The number of amides is 3. The highest BCUT2D eigenvalue weighted by atomic mass is 16.5. The summed E-state index contributed by atoms with van der Waals surface area (Å²) < 4.78 is 9.97. The Balaban J connectivity index is 1.72. The highest BCUT2D eigenvalue weighted by Gasteiger charge is 2.18. The van der Waals surface area contributed by atoms with Gasteiger partial charge in [0.25, 0.3) is 5.91 Å². The molecule has 134 valence electrons. The van der Waals surface area contributed by atoms with Crippen LogP contribution >= 0.6 is 0 Å². The molecule has 25 heavy (non-hydrogen) atoms. The molecule has 0 aromatic heterocycles. The van der Waals surface area contributed by atoms with Gasteiger partial charge in [-0.2, -0.15) is 0 Å². The number of hydrogen-bond donors (Lipinski definition) is 2. The standard InChI is InChI=1S/C18H22N2O5/c1-24-15-9-5-2-6-13(15)10-11-17(22)25-12-16(21)20-18(23)19-14-7-3-4-8-14/h2,5-6,9-11,14H,3-4,7-8,12H2,1H3,(H2,19,20,21,23). The van der Waals surface area contributed by atoms with Gasteiger partial charge < -0.3 is 14.8 Å². The Morgan fingerprint density at radius 3 is 2.64 bits per heavy atom. The number of methoxy groups -OCH3 is 1. The van der Waals surface area contributed by atoms with E-state index in [1.54, 1.807) is 12.1 Å². The van der Waals surface area contributed by atoms with E-state index in [4.69, 9.17) is 9.47 Å². The third kappa shape index (κ3) is 6.29. The van der Waals surface area contributed by atoms with E-state index in [-0.39, 0.29) is 6.04 Å². The summed E-state index contributed by atoms with van der Waals surface area (Å²) in [5, 5.41) is 4.86. The quantitative estimate of drug-likeness (QED) is 0.607. The minimum atomic E-state index is -0.683. The molecule has 7 nitrogen and oxygen atoms in total. The van der Waals surface area contributed by atoms with Gasteiger partial charge in [0.05, 0.1) is 7.11 Å². The van der Waals surface area contributed by atoms with Crippen LogP contribution in [0.15, 0.2) is 30.3 Å². The smallest absolute Gasteiger partial charge is 0.331 e. The molecular formula is C18H22N2O5. The van der Waals surface area contributed by atoms with Gasteiger partial charge in [-0.3, -0.25) is 10.1 Å². The Labute approximate surface area is 146 Å². The average molecular weight is 346 g/mol. The van der Waals surface area contributed by atoms with Crippen LogP contribution in [-0.4, -0.2) is 37.7 Å². The summed E-state index contributed by atoms with van der Waals surface area (Å²) in [4.78, 5) is 34.9. The Morgan fingerprint density at radius 2 is 1.92 bits per heavy atom. The zero-order valence-electron chi connectivity index (χ0n) is 14.1. The molecule has 1 saturated carbocycles. The van der Waals surface area contributed by atoms with Crippen LogP contribution in [0.1, 0.15) is 31.2 Å². The lowest BCUT2D eigenvalue weighted by atomic mass is 10.2. The fraction of sp³-hybridized carbons (Fsp3) is 0.389. The lowest BCUT2D eigenvalue weighted by Crippen LogP contribution is -2.44. The highest BCUT2D eigenvalue weighted by Crippen LogP contribution is 2.18. The predicted molar refractivity (Wildman–Crippen MR) is 91.9 cm³/mol. The normalized spacial score (nSPS) is 14.3. The number of ether oxygens (including phenoxy) is 2. The van der Waals surface area contributed by atoms with Gasteiger partial charge in [0.1, 0.15) is 5.75 Å². The third-order valence-corrected chi connectivity index (χ3v) is 3.83. The van der Waals surface area contributed by atoms with E-state index in [1.807, 2.05) is 12.1 Å². The average Bonchev–Trinajstić information content (AvgIpc) is 3.11. The number of urea groups is 1. The van der Waals surface area contributed by atoms with Crippen LogP contribution in [0.5, 0.6) is 5.75 Å². The van der Waals surface area contributed by atoms with Crippen molar-refractivity contribution < 1.29 is 23.9 Å². The van der Waals surface area contributed by atoms with E-state index in [9.17, 15) is 14.4 Å². The van der Waals surface area contributed by atoms with Crippen molar-refractivity contribution in [3.63, 3.8) is 0 Å². The number of benzene rings is 1. The molecular weight excluding hydrogens is 324 g/mol. The number of carbonyl (C=O) groups is 3. The first-order valence-corrected chi connectivity index (χ1v) is 8.16. The maximum absolute atomic E-state index is 11.7. The Hall–Kier alpha value is -2.83. The van der Waals surface area contributed by atoms with Gasteiger partial charge in [-0.15, -0.1) is 0 Å². The van der Waals surface area contributed by atoms with Crippen molar-refractivity contribution in [3.05, 3.63) is 35.9 Å². The number of rotatable bonds is 6. The number of esters is 1. The van der Waals surface area contributed by atoms with Gasteiger partial charge >= 0.3 is 12.0 Å². The van der Waals surface area contributed by atoms with E-state index in [2.05, 4.69) is 10.6 Å². The molecule has 2 N–H and O–H groups in total. The molecule has 1 aromatic carbocycles. The fourth-order valence-corrected chi connectivity index (χ4v) is 2.60. The molecule has 1 aromatic rings. The molecule has 1 aliphatic rings. The Kier molecular flexibility index (Phi) is 7.00. The predicted octanol–water partition coefficient (Wildman–Crippen LogP) is 2.02. The maximum Gasteiger partial charge on any atom is 0.331 e. The van der Waals surface area contributed by atoms with E-state index < -0.39 is 24.5 Å². The minimum absolute atomic E-state index is 0.110. The van der Waals surface area contributed by atoms with E-state index in [0.29, 0.717) is 11.3 Å². The number of imide groups is 1. The number of hydrogen-bond acceptors (Lipinski definition) is 5. The molecule has 2 rings (SSSR count). The van der Waals surface area contributed by atoms with Crippen molar-refractivity contribution in [1.29, 1.82) is 0 Å². The zero-order valence-corrected chi connectivity index (χ0v) is 14.1. The molecule has 0 heterocycles. The first-order valence-electron chi connectivity index (χ1n) is 8.16. The van der Waals surface area contributed by atoms with Gasteiger partial charge in [-0.1, -0.05) is 31.0 Å². The molecule has 0 radical (unpaired) electrons. The van der Waals surface area contributed by atoms with Crippen LogP contribution in [0.2, 0.25) is 0 Å². The van der Waals surface area contributed by atoms with Crippen LogP contribution in [0.25, 0.3) is 6.08 Å². The van der Waals surface area contributed by atoms with Crippen LogP contribution in [0.4, 0.5) is 4.79 Å². The molecule has 1 fully saturated rings. The number of para-hydroxylation sites is 1. The molecule has 0 saturated heterocycles. The Morgan fingerprint density at radius 1 is 1.20 bits per heavy atom. The monoisotopic (exact) mass is 346 g/mol. The first-order chi connectivity index (χ1) is 12.1. The van der Waals surface area contributed by atoms with Gasteiger partial charge in [0.15, 0.2) is 6.61 Å². The van der Waals surface area contributed by atoms with Gasteiger partial charge in [-0.05, 0) is 25.0 Å². The van der Waals surface area contributed by atoms with Crippen molar-refractivity contribution >= 4 is 24.0 Å². The zero-order chi connectivity index (χ0) is 18.1. The maximum atomic E-state index is 11.7. The molecule has 7 heteroatoms. The molecule has 0 spiro atoms. The molecule has 0 bridgehead atoms. The number of nitrogens with one attached hydrogen (secondary N) is 2. The van der Waals surface area contributed by atoms with E-state index in [1.165, 1.54) is 19.3 Å². The molecule has 0 unspecified atom stereocenters. The summed E-state index contributed by atoms with van der Waals surface area (Å²) in [5.41, 5.74) is 0.711. The molecule has 0 atom stereocenters. The summed E-state index contributed by atoms with van der Waals surface area (Å²) >= 11 is 0. The van der Waals surface area contributed by atoms with Crippen LogP contribution in [0, 0.1) is 0 Å². The van der Waals surface area contributed by atoms with Crippen molar-refractivity contribution in [3.8, 4) is 5.75 Å². The van der Waals surface area contributed by atoms with Crippen molar-refractivity contribution in [2.45, 2.75) is 31.7 Å². The molecule has 0 aliphatic heterocycles. The van der Waals surface area contributed by atoms with E-state index in [0.717, 1.165) is 25.7 Å². The van der Waals surface area contributed by atoms with Crippen LogP contribution in [-0.2, 0) is 14.3 Å². The highest BCUT2D eigenvalue weighted by molar-refractivity contribution is 5.96. The first kappa shape index (κ1) is 18.5. The summed E-state index contributed by atoms with van der Waals surface area (Å²) in [6, 6.07) is 6.72. The summed E-state index contributed by atoms with van der Waals surface area (Å²) in [6.07, 6.45) is 6.73. The second-order valence-corrected chi connectivity index (χ2v) is 5.69. The summed E-state index contributed by atoms with van der Waals surface area (Å²) in [7, 11) is 1.53. The van der Waals surface area contributed by atoms with Crippen LogP contribution < -0.4 is 15.4 Å². The molecule has 3 amide bonds. The topological polar surface area (TPSA) is 93.7 Å². The molecule has 1 aliphatic carbocycles. The van der Waals surface area contributed by atoms with E-state index >= 15 is 0 Å². The van der Waals surface area contributed by atoms with Gasteiger partial charge in [-0.25, -0.2) is 9.59 Å².